The van der Waals surface area contributed by atoms with E-state index in [4.69, 9.17) is 10.2 Å². The molecular formula is C20H26N4O3. The number of nitrogens with zero attached hydrogens (tertiary/aromatic N) is 3. The minimum Gasteiger partial charge on any atom is -0.447 e. The number of nitrogens with two attached hydrogens (primary N) is 1. The lowest BCUT2D eigenvalue weighted by atomic mass is 9.79. The Balaban J connectivity index is 1.60. The van der Waals surface area contributed by atoms with E-state index < -0.39 is 5.60 Å². The zero-order valence-electron chi connectivity index (χ0n) is 15.4. The summed E-state index contributed by atoms with van der Waals surface area (Å²) in [5, 5.41) is 11.6. The zero-order chi connectivity index (χ0) is 18.9. The summed E-state index contributed by atoms with van der Waals surface area (Å²) in [6, 6.07) is 9.68. The standard InChI is InChI=1S/C20H26N4O3/c21-12-18-22-16(14-27-18)19(25)24-11-8-20(26,15-6-2-1-3-7-15)17(13-24)23-9-4-5-10-23/h1-3,6-7,14,17,26H,4-5,8-13,21H2/t17-,20+/m1/s1. The number of aliphatic hydroxyl groups is 1. The monoisotopic (exact) mass is 370 g/mol. The quantitative estimate of drug-likeness (QED) is 0.843. The van der Waals surface area contributed by atoms with E-state index in [0.717, 1.165) is 31.5 Å². The molecule has 0 aliphatic carbocycles. The third-order valence-electron chi connectivity index (χ3n) is 5.80. The van der Waals surface area contributed by atoms with Crippen molar-refractivity contribution in [1.82, 2.24) is 14.8 Å². The smallest absolute Gasteiger partial charge is 0.275 e. The predicted molar refractivity (Wildman–Crippen MR) is 99.8 cm³/mol. The highest BCUT2D eigenvalue weighted by Crippen LogP contribution is 2.37. The molecule has 2 aliphatic heterocycles. The van der Waals surface area contributed by atoms with Crippen LogP contribution >= 0.6 is 0 Å². The lowest BCUT2D eigenvalue weighted by Gasteiger charge is -2.48. The molecule has 4 rings (SSSR count). The first-order valence-corrected chi connectivity index (χ1v) is 9.57. The maximum Gasteiger partial charge on any atom is 0.275 e. The molecular weight excluding hydrogens is 344 g/mol. The molecule has 0 radical (unpaired) electrons. The van der Waals surface area contributed by atoms with Crippen molar-refractivity contribution < 1.29 is 14.3 Å². The molecule has 27 heavy (non-hydrogen) atoms. The second-order valence-electron chi connectivity index (χ2n) is 7.38. The van der Waals surface area contributed by atoms with Crippen LogP contribution in [0.2, 0.25) is 0 Å². The number of hydrogen-bond acceptors (Lipinski definition) is 6. The number of aromatic nitrogens is 1. The predicted octanol–water partition coefficient (Wildman–Crippen LogP) is 1.33. The number of hydrogen-bond donors (Lipinski definition) is 2. The summed E-state index contributed by atoms with van der Waals surface area (Å²) >= 11 is 0. The van der Waals surface area contributed by atoms with E-state index in [1.807, 2.05) is 30.3 Å². The number of likely N-dealkylation sites (tertiary alicyclic amines) is 2. The number of amides is 1. The van der Waals surface area contributed by atoms with Crippen LogP contribution in [0.3, 0.4) is 0 Å². The van der Waals surface area contributed by atoms with Crippen LogP contribution in [-0.4, -0.2) is 58.0 Å². The molecule has 2 aromatic rings. The fourth-order valence-corrected chi connectivity index (χ4v) is 4.31. The van der Waals surface area contributed by atoms with Gasteiger partial charge in [0.1, 0.15) is 11.9 Å². The van der Waals surface area contributed by atoms with Crippen LogP contribution in [0.4, 0.5) is 0 Å². The van der Waals surface area contributed by atoms with E-state index >= 15 is 0 Å². The first kappa shape index (κ1) is 18.2. The Bertz CT molecular complexity index is 788. The fourth-order valence-electron chi connectivity index (χ4n) is 4.31. The summed E-state index contributed by atoms with van der Waals surface area (Å²) in [7, 11) is 0. The van der Waals surface area contributed by atoms with Gasteiger partial charge in [0, 0.05) is 13.1 Å². The topological polar surface area (TPSA) is 95.8 Å². The highest BCUT2D eigenvalue weighted by molar-refractivity contribution is 5.92. The number of benzene rings is 1. The molecule has 0 saturated carbocycles. The van der Waals surface area contributed by atoms with Gasteiger partial charge in [0.05, 0.1) is 12.6 Å². The van der Waals surface area contributed by atoms with Crippen LogP contribution in [0, 0.1) is 0 Å². The van der Waals surface area contributed by atoms with E-state index in [0.29, 0.717) is 25.4 Å². The molecule has 144 valence electrons. The van der Waals surface area contributed by atoms with Gasteiger partial charge in [0.2, 0.25) is 5.89 Å². The van der Waals surface area contributed by atoms with E-state index in [1.54, 1.807) is 4.90 Å². The van der Waals surface area contributed by atoms with Crippen molar-refractivity contribution in [1.29, 1.82) is 0 Å². The molecule has 2 atom stereocenters. The van der Waals surface area contributed by atoms with Crippen molar-refractivity contribution >= 4 is 5.91 Å². The number of carbonyl (C=O) groups excluding carboxylic acids is 1. The Hall–Kier alpha value is -2.22. The molecule has 0 bridgehead atoms. The summed E-state index contributed by atoms with van der Waals surface area (Å²) < 4.78 is 5.22. The number of rotatable bonds is 4. The Morgan fingerprint density at radius 3 is 2.67 bits per heavy atom. The third-order valence-corrected chi connectivity index (χ3v) is 5.80. The van der Waals surface area contributed by atoms with Gasteiger partial charge < -0.3 is 20.2 Å². The molecule has 2 aliphatic rings. The van der Waals surface area contributed by atoms with Crippen molar-refractivity contribution in [3.8, 4) is 0 Å². The average molecular weight is 370 g/mol. The van der Waals surface area contributed by atoms with E-state index in [9.17, 15) is 9.90 Å². The molecule has 2 fully saturated rings. The van der Waals surface area contributed by atoms with Gasteiger partial charge in [-0.05, 0) is 37.9 Å². The minimum absolute atomic E-state index is 0.138. The minimum atomic E-state index is -0.964. The molecule has 7 nitrogen and oxygen atoms in total. The van der Waals surface area contributed by atoms with E-state index in [1.165, 1.54) is 6.26 Å². The second kappa shape index (κ2) is 7.42. The van der Waals surface area contributed by atoms with E-state index in [2.05, 4.69) is 9.88 Å². The van der Waals surface area contributed by atoms with Crippen LogP contribution in [0.1, 0.15) is 41.2 Å². The van der Waals surface area contributed by atoms with E-state index in [-0.39, 0.29) is 24.2 Å². The van der Waals surface area contributed by atoms with Gasteiger partial charge >= 0.3 is 0 Å². The molecule has 0 spiro atoms. The first-order valence-electron chi connectivity index (χ1n) is 9.57. The summed E-state index contributed by atoms with van der Waals surface area (Å²) in [6.07, 6.45) is 4.11. The molecule has 7 heteroatoms. The normalized spacial score (nSPS) is 26.4. The van der Waals surface area contributed by atoms with Crippen molar-refractivity contribution in [2.24, 2.45) is 5.73 Å². The van der Waals surface area contributed by atoms with Crippen molar-refractivity contribution in [3.63, 3.8) is 0 Å². The molecule has 1 aromatic carbocycles. The van der Waals surface area contributed by atoms with Crippen LogP contribution in [0.15, 0.2) is 41.0 Å². The van der Waals surface area contributed by atoms with Gasteiger partial charge in [-0.25, -0.2) is 4.98 Å². The Morgan fingerprint density at radius 1 is 1.26 bits per heavy atom. The zero-order valence-corrected chi connectivity index (χ0v) is 15.4. The molecule has 0 unspecified atom stereocenters. The molecule has 3 heterocycles. The van der Waals surface area contributed by atoms with Gasteiger partial charge in [0.25, 0.3) is 5.91 Å². The van der Waals surface area contributed by atoms with Gasteiger partial charge in [-0.3, -0.25) is 9.69 Å². The number of oxazole rings is 1. The highest BCUT2D eigenvalue weighted by Gasteiger charge is 2.47. The molecule has 2 saturated heterocycles. The third kappa shape index (κ3) is 3.38. The van der Waals surface area contributed by atoms with Gasteiger partial charge in [-0.1, -0.05) is 30.3 Å². The lowest BCUT2D eigenvalue weighted by Crippen LogP contribution is -2.61. The maximum absolute atomic E-state index is 12.9. The van der Waals surface area contributed by atoms with Crippen LogP contribution in [-0.2, 0) is 12.1 Å². The van der Waals surface area contributed by atoms with Crippen molar-refractivity contribution in [2.45, 2.75) is 37.5 Å². The van der Waals surface area contributed by atoms with Gasteiger partial charge in [0.15, 0.2) is 5.69 Å². The number of carbonyl (C=O) groups is 1. The largest absolute Gasteiger partial charge is 0.447 e. The lowest BCUT2D eigenvalue weighted by molar-refractivity contribution is -0.0878. The summed E-state index contributed by atoms with van der Waals surface area (Å²) in [6.45, 7) is 3.00. The van der Waals surface area contributed by atoms with Crippen LogP contribution in [0.5, 0.6) is 0 Å². The second-order valence-corrected chi connectivity index (χ2v) is 7.38. The first-order chi connectivity index (χ1) is 13.1. The van der Waals surface area contributed by atoms with Crippen LogP contribution in [0.25, 0.3) is 0 Å². The van der Waals surface area contributed by atoms with Crippen molar-refractivity contribution in [2.75, 3.05) is 26.2 Å². The number of piperidine rings is 1. The molecule has 3 N–H and O–H groups in total. The SMILES string of the molecule is NCc1nc(C(=O)N2CC[C@](O)(c3ccccc3)[C@H](N3CCCC3)C2)co1. The average Bonchev–Trinajstić information content (AvgIpc) is 3.40. The molecule has 1 aromatic heterocycles. The summed E-state index contributed by atoms with van der Waals surface area (Å²) in [5.41, 5.74) is 5.76. The maximum atomic E-state index is 12.9. The summed E-state index contributed by atoms with van der Waals surface area (Å²) in [4.78, 5) is 21.2. The summed E-state index contributed by atoms with van der Waals surface area (Å²) in [5.74, 6) is 0.185. The van der Waals surface area contributed by atoms with Gasteiger partial charge in [-0.2, -0.15) is 0 Å². The fraction of sp³-hybridized carbons (Fsp3) is 0.500. The Labute approximate surface area is 158 Å². The Morgan fingerprint density at radius 2 is 2.00 bits per heavy atom. The highest BCUT2D eigenvalue weighted by atomic mass is 16.3. The Kier molecular flexibility index (Phi) is 4.99. The molecule has 1 amide bonds. The van der Waals surface area contributed by atoms with Crippen molar-refractivity contribution in [3.05, 3.63) is 53.7 Å². The van der Waals surface area contributed by atoms with Gasteiger partial charge in [-0.15, -0.1) is 0 Å². The van der Waals surface area contributed by atoms with Crippen LogP contribution < -0.4 is 5.73 Å².